The normalized spacial score (nSPS) is 13.9. The molecule has 0 aromatic carbocycles. The molecule has 0 heterocycles. The van der Waals surface area contributed by atoms with Crippen LogP contribution in [0.3, 0.4) is 0 Å². The van der Waals surface area contributed by atoms with E-state index in [4.69, 9.17) is 4.74 Å². The van der Waals surface area contributed by atoms with E-state index in [9.17, 15) is 0 Å². The molecule has 0 aliphatic heterocycles. The van der Waals surface area contributed by atoms with Crippen molar-refractivity contribution in [2.24, 2.45) is 0 Å². The predicted molar refractivity (Wildman–Crippen MR) is 43.7 cm³/mol. The number of quaternary nitrogens is 1. The van der Waals surface area contributed by atoms with Gasteiger partial charge in [-0.3, -0.25) is 0 Å². The van der Waals surface area contributed by atoms with Gasteiger partial charge in [-0.2, -0.15) is 0 Å². The molecule has 70 valence electrons. The molecule has 0 aliphatic rings. The summed E-state index contributed by atoms with van der Waals surface area (Å²) in [6, 6.07) is 0. The Bertz CT molecular complexity index is 94.1. The predicted octanol–water partition coefficient (Wildman–Crippen LogP) is -1.53. The van der Waals surface area contributed by atoms with Crippen LogP contribution in [0.1, 0.15) is 20.8 Å². The molecule has 0 amide bonds. The summed E-state index contributed by atoms with van der Waals surface area (Å²) in [6.07, 6.45) is 0.315. The molecule has 2 nitrogen and oxygen atoms in total. The van der Waals surface area contributed by atoms with Crippen molar-refractivity contribution in [1.82, 2.24) is 0 Å². The van der Waals surface area contributed by atoms with Crippen molar-refractivity contribution in [3.63, 3.8) is 0 Å². The molecule has 0 rings (SSSR count). The van der Waals surface area contributed by atoms with Crippen molar-refractivity contribution >= 4 is 0 Å². The van der Waals surface area contributed by atoms with E-state index in [2.05, 4.69) is 27.8 Å². The number of halogens is 1. The second-order valence-electron chi connectivity index (χ2n) is 2.95. The average molecular weight is 182 g/mol. The molecule has 0 aromatic heterocycles. The second kappa shape index (κ2) is 5.81. The number of ether oxygens (including phenoxy) is 1. The second-order valence-corrected chi connectivity index (χ2v) is 2.95. The van der Waals surface area contributed by atoms with Gasteiger partial charge in [-0.1, -0.05) is 0 Å². The molecule has 1 atom stereocenters. The van der Waals surface area contributed by atoms with Gasteiger partial charge in [0.1, 0.15) is 0 Å². The maximum Gasteiger partial charge on any atom is 0.189 e. The standard InChI is InChI=1S/C8H20NO.ClH/c1-6-9(4,7-2)8(3)10-5;/h8H,6-7H2,1-5H3;1H/q+1;/p-1. The zero-order valence-electron chi connectivity index (χ0n) is 8.22. The van der Waals surface area contributed by atoms with Crippen LogP contribution >= 0.6 is 0 Å². The summed E-state index contributed by atoms with van der Waals surface area (Å²) in [5, 5.41) is 0. The van der Waals surface area contributed by atoms with E-state index >= 15 is 0 Å². The van der Waals surface area contributed by atoms with Gasteiger partial charge in [0.05, 0.1) is 20.1 Å². The molecule has 0 aliphatic carbocycles. The Kier molecular flexibility index (Phi) is 7.28. The first-order valence-corrected chi connectivity index (χ1v) is 3.97. The highest BCUT2D eigenvalue weighted by molar-refractivity contribution is 4.34. The van der Waals surface area contributed by atoms with E-state index < -0.39 is 0 Å². The van der Waals surface area contributed by atoms with E-state index in [0.717, 1.165) is 17.6 Å². The Morgan fingerprint density at radius 3 is 1.73 bits per heavy atom. The van der Waals surface area contributed by atoms with Gasteiger partial charge < -0.3 is 21.6 Å². The van der Waals surface area contributed by atoms with Gasteiger partial charge in [0.2, 0.25) is 0 Å². The highest BCUT2D eigenvalue weighted by Gasteiger charge is 2.23. The van der Waals surface area contributed by atoms with Crippen LogP contribution in [-0.2, 0) is 4.74 Å². The van der Waals surface area contributed by atoms with E-state index in [1.807, 2.05) is 0 Å². The Morgan fingerprint density at radius 2 is 1.64 bits per heavy atom. The van der Waals surface area contributed by atoms with E-state index in [1.54, 1.807) is 7.11 Å². The van der Waals surface area contributed by atoms with Crippen molar-refractivity contribution in [2.75, 3.05) is 27.2 Å². The first kappa shape index (κ1) is 13.8. The van der Waals surface area contributed by atoms with Crippen molar-refractivity contribution in [1.29, 1.82) is 0 Å². The number of rotatable bonds is 4. The molecule has 0 fully saturated rings. The number of nitrogens with zero attached hydrogens (tertiary/aromatic N) is 1. The summed E-state index contributed by atoms with van der Waals surface area (Å²) in [5.74, 6) is 0. The van der Waals surface area contributed by atoms with E-state index in [0.29, 0.717) is 6.23 Å². The minimum atomic E-state index is 0. The maximum absolute atomic E-state index is 5.27. The minimum absolute atomic E-state index is 0. The topological polar surface area (TPSA) is 9.23 Å². The van der Waals surface area contributed by atoms with Gasteiger partial charge in [0.25, 0.3) is 0 Å². The lowest BCUT2D eigenvalue weighted by molar-refractivity contribution is -0.949. The zero-order valence-corrected chi connectivity index (χ0v) is 8.98. The van der Waals surface area contributed by atoms with Crippen molar-refractivity contribution < 1.29 is 21.6 Å². The van der Waals surface area contributed by atoms with Crippen molar-refractivity contribution in [3.05, 3.63) is 0 Å². The van der Waals surface area contributed by atoms with Gasteiger partial charge in [-0.25, -0.2) is 0 Å². The van der Waals surface area contributed by atoms with Crippen LogP contribution in [0.5, 0.6) is 0 Å². The molecule has 1 unspecified atom stereocenters. The van der Waals surface area contributed by atoms with Crippen LogP contribution in [0, 0.1) is 0 Å². The summed E-state index contributed by atoms with van der Waals surface area (Å²) in [4.78, 5) is 0. The Hall–Kier alpha value is 0.210. The summed E-state index contributed by atoms with van der Waals surface area (Å²) in [5.41, 5.74) is 0. The largest absolute Gasteiger partial charge is 1.00 e. The Labute approximate surface area is 76.5 Å². The number of methoxy groups -OCH3 is 1. The summed E-state index contributed by atoms with van der Waals surface area (Å²) in [6.45, 7) is 8.77. The van der Waals surface area contributed by atoms with E-state index in [1.165, 1.54) is 0 Å². The summed E-state index contributed by atoms with van der Waals surface area (Å²) in [7, 11) is 3.99. The third-order valence-electron chi connectivity index (χ3n) is 2.66. The highest BCUT2D eigenvalue weighted by Crippen LogP contribution is 2.08. The third kappa shape index (κ3) is 3.41. The molecule has 0 saturated heterocycles. The van der Waals surface area contributed by atoms with Gasteiger partial charge in [0.15, 0.2) is 6.23 Å². The molecule has 0 N–H and O–H groups in total. The smallest absolute Gasteiger partial charge is 0.189 e. The molecular weight excluding hydrogens is 162 g/mol. The third-order valence-corrected chi connectivity index (χ3v) is 2.66. The van der Waals surface area contributed by atoms with Gasteiger partial charge in [0, 0.05) is 14.0 Å². The first-order valence-electron chi connectivity index (χ1n) is 3.97. The quantitative estimate of drug-likeness (QED) is 0.378. The summed E-state index contributed by atoms with van der Waals surface area (Å²) >= 11 is 0. The van der Waals surface area contributed by atoms with Crippen LogP contribution in [0.25, 0.3) is 0 Å². The average Bonchev–Trinajstić information content (AvgIpc) is 2.01. The lowest BCUT2D eigenvalue weighted by atomic mass is 10.4. The van der Waals surface area contributed by atoms with Gasteiger partial charge in [-0.15, -0.1) is 0 Å². The zero-order chi connectivity index (χ0) is 8.20. The molecule has 11 heavy (non-hydrogen) atoms. The molecule has 0 aromatic rings. The Balaban J connectivity index is 0. The molecule has 0 saturated carbocycles. The highest BCUT2D eigenvalue weighted by atomic mass is 35.5. The SMILES string of the molecule is CC[N+](C)(CC)C(C)OC.[Cl-]. The molecular formula is C8H20ClNO. The fourth-order valence-electron chi connectivity index (χ4n) is 0.992. The van der Waals surface area contributed by atoms with Crippen LogP contribution in [-0.4, -0.2) is 38.0 Å². The van der Waals surface area contributed by atoms with Gasteiger partial charge >= 0.3 is 0 Å². The molecule has 0 radical (unpaired) electrons. The first-order chi connectivity index (χ1) is 4.60. The van der Waals surface area contributed by atoms with Crippen LogP contribution < -0.4 is 12.4 Å². The lowest BCUT2D eigenvalue weighted by Gasteiger charge is -2.36. The number of hydrogen-bond donors (Lipinski definition) is 0. The van der Waals surface area contributed by atoms with Crippen molar-refractivity contribution in [3.8, 4) is 0 Å². The van der Waals surface area contributed by atoms with Crippen LogP contribution in [0.4, 0.5) is 0 Å². The Morgan fingerprint density at radius 1 is 1.27 bits per heavy atom. The minimum Gasteiger partial charge on any atom is -1.00 e. The van der Waals surface area contributed by atoms with Crippen LogP contribution in [0.15, 0.2) is 0 Å². The lowest BCUT2D eigenvalue weighted by Crippen LogP contribution is -3.00. The fourth-order valence-corrected chi connectivity index (χ4v) is 0.992. The van der Waals surface area contributed by atoms with Gasteiger partial charge in [-0.05, 0) is 13.8 Å². The monoisotopic (exact) mass is 181 g/mol. The van der Waals surface area contributed by atoms with Crippen molar-refractivity contribution in [2.45, 2.75) is 27.0 Å². The molecule has 0 bridgehead atoms. The van der Waals surface area contributed by atoms with Crippen LogP contribution in [0.2, 0.25) is 0 Å². The fraction of sp³-hybridized carbons (Fsp3) is 1.00. The summed E-state index contributed by atoms with van der Waals surface area (Å²) < 4.78 is 6.27. The maximum atomic E-state index is 5.27. The molecule has 3 heteroatoms. The number of hydrogen-bond acceptors (Lipinski definition) is 1. The van der Waals surface area contributed by atoms with E-state index in [-0.39, 0.29) is 12.4 Å². The molecule has 0 spiro atoms.